The normalized spacial score (nSPS) is 11.2. The summed E-state index contributed by atoms with van der Waals surface area (Å²) in [7, 11) is -3.24. The molecule has 24 heavy (non-hydrogen) atoms. The third-order valence-electron chi connectivity index (χ3n) is 3.50. The van der Waals surface area contributed by atoms with E-state index in [2.05, 4.69) is 27.1 Å². The predicted molar refractivity (Wildman–Crippen MR) is 94.5 cm³/mol. The quantitative estimate of drug-likeness (QED) is 0.671. The molecule has 0 spiro atoms. The molecule has 1 aromatic heterocycles. The summed E-state index contributed by atoms with van der Waals surface area (Å²) in [6.07, 6.45) is 2.92. The molecule has 0 radical (unpaired) electrons. The standard InChI is InChI=1S/C17H12BrN3O2S/c1-24(22,23)15-8-6-14(7-9-15)21-11-16(17(10-19)20-21)12-2-4-13(18)5-3-12/h2-9,11H,1H3. The third kappa shape index (κ3) is 3.25. The van der Waals surface area contributed by atoms with Crippen molar-refractivity contribution in [2.45, 2.75) is 4.90 Å². The number of nitriles is 1. The van der Waals surface area contributed by atoms with Crippen molar-refractivity contribution in [3.8, 4) is 22.9 Å². The van der Waals surface area contributed by atoms with Crippen molar-refractivity contribution in [1.29, 1.82) is 5.26 Å². The Morgan fingerprint density at radius 3 is 2.25 bits per heavy atom. The van der Waals surface area contributed by atoms with E-state index in [-0.39, 0.29) is 4.90 Å². The molecule has 0 aliphatic rings. The second kappa shape index (κ2) is 6.23. The predicted octanol–water partition coefficient (Wildman–Crippen LogP) is 3.58. The second-order valence-electron chi connectivity index (χ2n) is 5.22. The summed E-state index contributed by atoms with van der Waals surface area (Å²) in [6, 6.07) is 16.1. The summed E-state index contributed by atoms with van der Waals surface area (Å²) in [6.45, 7) is 0. The van der Waals surface area contributed by atoms with Crippen molar-refractivity contribution in [3.63, 3.8) is 0 Å². The van der Waals surface area contributed by atoms with Gasteiger partial charge in [0.25, 0.3) is 0 Å². The van der Waals surface area contributed by atoms with E-state index in [1.165, 1.54) is 12.1 Å². The fourth-order valence-electron chi connectivity index (χ4n) is 2.28. The van der Waals surface area contributed by atoms with E-state index in [1.54, 1.807) is 23.0 Å². The zero-order valence-electron chi connectivity index (χ0n) is 12.6. The monoisotopic (exact) mass is 401 g/mol. The molecule has 0 saturated carbocycles. The summed E-state index contributed by atoms with van der Waals surface area (Å²) >= 11 is 3.38. The van der Waals surface area contributed by atoms with Gasteiger partial charge in [-0.3, -0.25) is 0 Å². The number of benzene rings is 2. The van der Waals surface area contributed by atoms with Crippen LogP contribution in [0.1, 0.15) is 5.69 Å². The van der Waals surface area contributed by atoms with Gasteiger partial charge in [-0.25, -0.2) is 13.1 Å². The molecule has 0 aliphatic carbocycles. The summed E-state index contributed by atoms with van der Waals surface area (Å²) in [5.41, 5.74) is 2.60. The molecule has 0 atom stereocenters. The Balaban J connectivity index is 2.04. The number of rotatable bonds is 3. The van der Waals surface area contributed by atoms with Crippen molar-refractivity contribution in [2.75, 3.05) is 6.26 Å². The van der Waals surface area contributed by atoms with Gasteiger partial charge in [-0.15, -0.1) is 0 Å². The van der Waals surface area contributed by atoms with E-state index >= 15 is 0 Å². The molecule has 7 heteroatoms. The highest BCUT2D eigenvalue weighted by Crippen LogP contribution is 2.26. The summed E-state index contributed by atoms with van der Waals surface area (Å²) < 4.78 is 25.6. The fraction of sp³-hybridized carbons (Fsp3) is 0.0588. The lowest BCUT2D eigenvalue weighted by Gasteiger charge is -2.02. The van der Waals surface area contributed by atoms with Crippen molar-refractivity contribution < 1.29 is 8.42 Å². The fourth-order valence-corrected chi connectivity index (χ4v) is 3.17. The van der Waals surface area contributed by atoms with Gasteiger partial charge in [0, 0.05) is 22.5 Å². The highest BCUT2D eigenvalue weighted by molar-refractivity contribution is 9.10. The van der Waals surface area contributed by atoms with Crippen molar-refractivity contribution in [3.05, 3.63) is 64.9 Å². The number of halogens is 1. The van der Waals surface area contributed by atoms with Gasteiger partial charge in [0.05, 0.1) is 10.6 Å². The Morgan fingerprint density at radius 2 is 1.71 bits per heavy atom. The first-order valence-corrected chi connectivity index (χ1v) is 9.63. The van der Waals surface area contributed by atoms with Gasteiger partial charge in [-0.2, -0.15) is 10.4 Å². The van der Waals surface area contributed by atoms with Crippen LogP contribution in [0.15, 0.2) is 64.1 Å². The van der Waals surface area contributed by atoms with E-state index in [1.807, 2.05) is 24.3 Å². The van der Waals surface area contributed by atoms with Gasteiger partial charge >= 0.3 is 0 Å². The number of hydrogen-bond acceptors (Lipinski definition) is 4. The number of hydrogen-bond donors (Lipinski definition) is 0. The Kier molecular flexibility index (Phi) is 4.26. The van der Waals surface area contributed by atoms with E-state index in [9.17, 15) is 13.7 Å². The van der Waals surface area contributed by atoms with E-state index in [0.717, 1.165) is 21.9 Å². The van der Waals surface area contributed by atoms with Gasteiger partial charge in [-0.1, -0.05) is 28.1 Å². The van der Waals surface area contributed by atoms with Gasteiger partial charge < -0.3 is 0 Å². The second-order valence-corrected chi connectivity index (χ2v) is 8.15. The maximum absolute atomic E-state index is 11.5. The van der Waals surface area contributed by atoms with Crippen LogP contribution in [-0.2, 0) is 9.84 Å². The lowest BCUT2D eigenvalue weighted by molar-refractivity contribution is 0.602. The van der Waals surface area contributed by atoms with Gasteiger partial charge in [-0.05, 0) is 42.0 Å². The Hall–Kier alpha value is -2.43. The van der Waals surface area contributed by atoms with Crippen molar-refractivity contribution in [2.24, 2.45) is 0 Å². The minimum Gasteiger partial charge on any atom is -0.239 e. The van der Waals surface area contributed by atoms with Crippen LogP contribution in [-0.4, -0.2) is 24.5 Å². The first-order chi connectivity index (χ1) is 11.4. The lowest BCUT2D eigenvalue weighted by atomic mass is 10.1. The van der Waals surface area contributed by atoms with Crippen LogP contribution in [0.2, 0.25) is 0 Å². The van der Waals surface area contributed by atoms with Gasteiger partial charge in [0.1, 0.15) is 6.07 Å². The topological polar surface area (TPSA) is 75.8 Å². The maximum Gasteiger partial charge on any atom is 0.175 e. The van der Waals surface area contributed by atoms with Crippen LogP contribution in [0.25, 0.3) is 16.8 Å². The lowest BCUT2D eigenvalue weighted by Crippen LogP contribution is -1.99. The van der Waals surface area contributed by atoms with Crippen LogP contribution in [0.4, 0.5) is 0 Å². The molecule has 0 fully saturated rings. The summed E-state index contributed by atoms with van der Waals surface area (Å²) in [4.78, 5) is 0.243. The van der Waals surface area contributed by atoms with Crippen LogP contribution in [0.3, 0.4) is 0 Å². The van der Waals surface area contributed by atoms with E-state index < -0.39 is 9.84 Å². The third-order valence-corrected chi connectivity index (χ3v) is 5.16. The van der Waals surface area contributed by atoms with Crippen LogP contribution in [0, 0.1) is 11.3 Å². The SMILES string of the molecule is CS(=O)(=O)c1ccc(-n2cc(-c3ccc(Br)cc3)c(C#N)n2)cc1. The van der Waals surface area contributed by atoms with Crippen LogP contribution < -0.4 is 0 Å². The molecular formula is C17H12BrN3O2S. The molecule has 0 bridgehead atoms. The molecule has 0 N–H and O–H groups in total. The minimum atomic E-state index is -3.24. The molecular weight excluding hydrogens is 390 g/mol. The van der Waals surface area contributed by atoms with Gasteiger partial charge in [0.15, 0.2) is 15.5 Å². The molecule has 0 unspecified atom stereocenters. The van der Waals surface area contributed by atoms with E-state index in [4.69, 9.17) is 0 Å². The van der Waals surface area contributed by atoms with Crippen LogP contribution in [0.5, 0.6) is 0 Å². The molecule has 120 valence electrons. The molecule has 5 nitrogen and oxygen atoms in total. The van der Waals surface area contributed by atoms with E-state index in [0.29, 0.717) is 11.4 Å². The number of aromatic nitrogens is 2. The summed E-state index contributed by atoms with van der Waals surface area (Å²) in [5, 5.41) is 13.6. The molecule has 0 aliphatic heterocycles. The number of sulfone groups is 1. The van der Waals surface area contributed by atoms with Gasteiger partial charge in [0.2, 0.25) is 0 Å². The average Bonchev–Trinajstić information content (AvgIpc) is 2.99. The molecule has 2 aromatic carbocycles. The molecule has 3 rings (SSSR count). The minimum absolute atomic E-state index is 0.243. The molecule has 1 heterocycles. The average molecular weight is 402 g/mol. The Labute approximate surface area is 148 Å². The van der Waals surface area contributed by atoms with Crippen molar-refractivity contribution >= 4 is 25.8 Å². The molecule has 0 amide bonds. The maximum atomic E-state index is 11.5. The zero-order chi connectivity index (χ0) is 17.3. The Morgan fingerprint density at radius 1 is 1.08 bits per heavy atom. The largest absolute Gasteiger partial charge is 0.239 e. The van der Waals surface area contributed by atoms with Crippen molar-refractivity contribution in [1.82, 2.24) is 9.78 Å². The first kappa shape index (κ1) is 16.4. The Bertz CT molecular complexity index is 1030. The highest BCUT2D eigenvalue weighted by atomic mass is 79.9. The molecule has 3 aromatic rings. The number of nitrogens with zero attached hydrogens (tertiary/aromatic N) is 3. The summed E-state index contributed by atoms with van der Waals surface area (Å²) in [5.74, 6) is 0. The molecule has 0 saturated heterocycles. The first-order valence-electron chi connectivity index (χ1n) is 6.95. The highest BCUT2D eigenvalue weighted by Gasteiger charge is 2.13. The van der Waals surface area contributed by atoms with Crippen LogP contribution >= 0.6 is 15.9 Å². The smallest absolute Gasteiger partial charge is 0.175 e. The zero-order valence-corrected chi connectivity index (χ0v) is 15.0.